The fourth-order valence-corrected chi connectivity index (χ4v) is 7.56. The van der Waals surface area contributed by atoms with E-state index in [4.69, 9.17) is 14.2 Å². The lowest BCUT2D eigenvalue weighted by molar-refractivity contribution is -0.149. The number of anilines is 1. The Labute approximate surface area is 248 Å². The fourth-order valence-electron chi connectivity index (χ4n) is 7.56. The molecule has 0 saturated carbocycles. The second kappa shape index (κ2) is 12.5. The number of benzene rings is 1. The van der Waals surface area contributed by atoms with Gasteiger partial charge in [-0.25, -0.2) is 0 Å². The minimum atomic E-state index is -1.14. The molecule has 0 aliphatic carbocycles. The highest BCUT2D eigenvalue weighted by Crippen LogP contribution is 2.63. The van der Waals surface area contributed by atoms with Crippen molar-refractivity contribution in [1.29, 1.82) is 0 Å². The van der Waals surface area contributed by atoms with Gasteiger partial charge >= 0.3 is 0 Å². The summed E-state index contributed by atoms with van der Waals surface area (Å²) in [4.78, 5) is 46.0. The summed E-state index contributed by atoms with van der Waals surface area (Å²) >= 11 is 0. The van der Waals surface area contributed by atoms with Gasteiger partial charge in [0.05, 0.1) is 49.9 Å². The second-order valence-corrected chi connectivity index (χ2v) is 12.6. The molecule has 4 saturated heterocycles. The van der Waals surface area contributed by atoms with Crippen LogP contribution in [0.5, 0.6) is 5.75 Å². The molecule has 1 spiro atoms. The smallest absolute Gasteiger partial charge is 0.245 e. The van der Waals surface area contributed by atoms with Gasteiger partial charge in [-0.05, 0) is 63.3 Å². The van der Waals surface area contributed by atoms with Crippen molar-refractivity contribution in [1.82, 2.24) is 15.1 Å². The van der Waals surface area contributed by atoms with Crippen molar-refractivity contribution >= 4 is 23.4 Å². The first kappa shape index (κ1) is 30.7. The Morgan fingerprint density at radius 3 is 2.50 bits per heavy atom. The molecule has 0 aromatic heterocycles. The van der Waals surface area contributed by atoms with Gasteiger partial charge in [0.25, 0.3) is 0 Å². The van der Waals surface area contributed by atoms with E-state index in [-0.39, 0.29) is 30.2 Å². The number of amides is 3. The standard InChI is InChI=1S/C31H46N4O7/c1-5-41-23-8-6-21(7-9-23)33-27(37)24-25-29(39)35(22(19-36)18-20(2)3)26(31(25)11-10-30(24,4)42-31)28(38)32-12-13-34-14-16-40-17-15-34/h6-9,20,22,24-26,36H,5,10-19H2,1-4H3,(H,32,38)(H,33,37)/t22-,24+,25+,26?,30-,31?/m1/s1. The maximum atomic E-state index is 14.4. The quantitative estimate of drug-likeness (QED) is 0.337. The number of hydrogen-bond donors (Lipinski definition) is 3. The molecule has 4 fully saturated rings. The molecule has 3 N–H and O–H groups in total. The summed E-state index contributed by atoms with van der Waals surface area (Å²) in [6, 6.07) is 5.63. The zero-order valence-electron chi connectivity index (χ0n) is 25.3. The molecule has 6 atom stereocenters. The number of nitrogens with zero attached hydrogens (tertiary/aromatic N) is 2. The number of hydrogen-bond acceptors (Lipinski definition) is 8. The lowest BCUT2D eigenvalue weighted by Gasteiger charge is -2.37. The molecule has 42 heavy (non-hydrogen) atoms. The van der Waals surface area contributed by atoms with Gasteiger partial charge in [-0.2, -0.15) is 0 Å². The molecule has 11 heteroatoms. The molecule has 11 nitrogen and oxygen atoms in total. The van der Waals surface area contributed by atoms with E-state index in [1.54, 1.807) is 29.2 Å². The third-order valence-electron chi connectivity index (χ3n) is 9.36. The highest BCUT2D eigenvalue weighted by Gasteiger charge is 2.78. The van der Waals surface area contributed by atoms with Gasteiger partial charge < -0.3 is 34.9 Å². The van der Waals surface area contributed by atoms with Crippen molar-refractivity contribution in [3.05, 3.63) is 24.3 Å². The molecule has 1 aromatic rings. The molecule has 4 aliphatic rings. The Morgan fingerprint density at radius 1 is 1.14 bits per heavy atom. The minimum Gasteiger partial charge on any atom is -0.494 e. The molecule has 0 radical (unpaired) electrons. The van der Waals surface area contributed by atoms with Gasteiger partial charge in [0.2, 0.25) is 17.7 Å². The van der Waals surface area contributed by atoms with Gasteiger partial charge in [0.1, 0.15) is 17.4 Å². The van der Waals surface area contributed by atoms with Gasteiger partial charge in [-0.15, -0.1) is 0 Å². The SMILES string of the molecule is CCOc1ccc(NC(=O)[C@@H]2[C@H]3C(=O)N([C@@H](CO)CC(C)C)C(C(=O)NCCN4CCOCC4)C34CC[C@@]2(C)O4)cc1. The van der Waals surface area contributed by atoms with Gasteiger partial charge in [-0.3, -0.25) is 19.3 Å². The van der Waals surface area contributed by atoms with Crippen molar-refractivity contribution in [2.45, 2.75) is 70.2 Å². The van der Waals surface area contributed by atoms with Crippen LogP contribution in [0.15, 0.2) is 24.3 Å². The topological polar surface area (TPSA) is 130 Å². The van der Waals surface area contributed by atoms with E-state index in [1.807, 2.05) is 27.7 Å². The molecular formula is C31H46N4O7. The Hall–Kier alpha value is -2.73. The monoisotopic (exact) mass is 586 g/mol. The highest BCUT2D eigenvalue weighted by molar-refractivity contribution is 6.02. The summed E-state index contributed by atoms with van der Waals surface area (Å²) in [5, 5.41) is 16.5. The van der Waals surface area contributed by atoms with E-state index in [9.17, 15) is 19.5 Å². The molecule has 1 aromatic carbocycles. The lowest BCUT2D eigenvalue weighted by Crippen LogP contribution is -2.58. The van der Waals surface area contributed by atoms with Crippen molar-refractivity contribution in [3.8, 4) is 5.75 Å². The molecule has 3 amide bonds. The predicted octanol–water partition coefficient (Wildman–Crippen LogP) is 1.64. The van der Waals surface area contributed by atoms with Crippen LogP contribution in [0, 0.1) is 17.8 Å². The van der Waals surface area contributed by atoms with Crippen LogP contribution in [0.1, 0.15) is 47.0 Å². The first-order valence-corrected chi connectivity index (χ1v) is 15.4. The summed E-state index contributed by atoms with van der Waals surface area (Å²) < 4.78 is 17.6. The molecule has 5 rings (SSSR count). The van der Waals surface area contributed by atoms with Crippen LogP contribution in [0.2, 0.25) is 0 Å². The zero-order valence-corrected chi connectivity index (χ0v) is 25.3. The van der Waals surface area contributed by atoms with Crippen LogP contribution in [0.25, 0.3) is 0 Å². The molecule has 4 heterocycles. The summed E-state index contributed by atoms with van der Waals surface area (Å²) in [6.07, 6.45) is 1.57. The van der Waals surface area contributed by atoms with Crippen molar-refractivity contribution in [2.24, 2.45) is 17.8 Å². The maximum Gasteiger partial charge on any atom is 0.245 e. The first-order valence-electron chi connectivity index (χ1n) is 15.4. The summed E-state index contributed by atoms with van der Waals surface area (Å²) in [7, 11) is 0. The maximum absolute atomic E-state index is 14.4. The van der Waals surface area contributed by atoms with E-state index >= 15 is 0 Å². The average Bonchev–Trinajstić information content (AvgIpc) is 3.54. The Kier molecular flexibility index (Phi) is 9.13. The van der Waals surface area contributed by atoms with Crippen molar-refractivity contribution < 1.29 is 33.7 Å². The lowest BCUT2D eigenvalue weighted by atomic mass is 9.66. The summed E-state index contributed by atoms with van der Waals surface area (Å²) in [5.41, 5.74) is -1.43. The number of rotatable bonds is 12. The summed E-state index contributed by atoms with van der Waals surface area (Å²) in [6.45, 7) is 12.2. The zero-order chi connectivity index (χ0) is 30.1. The number of nitrogens with one attached hydrogen (secondary N) is 2. The number of ether oxygens (including phenoxy) is 3. The number of likely N-dealkylation sites (tertiary alicyclic amines) is 1. The largest absolute Gasteiger partial charge is 0.494 e. The Bertz CT molecular complexity index is 1140. The second-order valence-electron chi connectivity index (χ2n) is 12.6. The van der Waals surface area contributed by atoms with E-state index in [0.29, 0.717) is 63.6 Å². The van der Waals surface area contributed by atoms with E-state index in [0.717, 1.165) is 13.1 Å². The molecule has 4 aliphatic heterocycles. The van der Waals surface area contributed by atoms with E-state index < -0.39 is 35.1 Å². The van der Waals surface area contributed by atoms with Crippen molar-refractivity contribution in [2.75, 3.05) is 57.9 Å². The Balaban J connectivity index is 1.41. The number of aliphatic hydroxyl groups is 1. The predicted molar refractivity (Wildman–Crippen MR) is 156 cm³/mol. The third-order valence-corrected chi connectivity index (χ3v) is 9.36. The Morgan fingerprint density at radius 2 is 1.86 bits per heavy atom. The fraction of sp³-hybridized carbons (Fsp3) is 0.710. The molecule has 232 valence electrons. The molecular weight excluding hydrogens is 540 g/mol. The van der Waals surface area contributed by atoms with Crippen LogP contribution < -0.4 is 15.4 Å². The normalized spacial score (nSPS) is 31.3. The average molecular weight is 587 g/mol. The summed E-state index contributed by atoms with van der Waals surface area (Å²) in [5.74, 6) is -1.61. The van der Waals surface area contributed by atoms with Gasteiger partial charge in [0.15, 0.2) is 0 Å². The van der Waals surface area contributed by atoms with Crippen LogP contribution in [0.3, 0.4) is 0 Å². The third kappa shape index (κ3) is 5.64. The van der Waals surface area contributed by atoms with E-state index in [2.05, 4.69) is 15.5 Å². The van der Waals surface area contributed by atoms with Crippen LogP contribution in [-0.4, -0.2) is 109 Å². The van der Waals surface area contributed by atoms with Gasteiger partial charge in [-0.1, -0.05) is 13.8 Å². The van der Waals surface area contributed by atoms with Crippen LogP contribution in [-0.2, 0) is 23.9 Å². The van der Waals surface area contributed by atoms with Crippen LogP contribution in [0.4, 0.5) is 5.69 Å². The number of morpholine rings is 1. The first-order chi connectivity index (χ1) is 20.1. The number of fused-ring (bicyclic) bond motifs is 1. The molecule has 2 unspecified atom stereocenters. The molecule has 2 bridgehead atoms. The van der Waals surface area contributed by atoms with Crippen LogP contribution >= 0.6 is 0 Å². The number of carbonyl (C=O) groups excluding carboxylic acids is 3. The van der Waals surface area contributed by atoms with E-state index in [1.165, 1.54) is 0 Å². The minimum absolute atomic E-state index is 0.187. The number of aliphatic hydroxyl groups excluding tert-OH is 1. The number of carbonyl (C=O) groups is 3. The van der Waals surface area contributed by atoms with Gasteiger partial charge in [0, 0.05) is 31.9 Å². The van der Waals surface area contributed by atoms with Crippen molar-refractivity contribution in [3.63, 3.8) is 0 Å². The highest BCUT2D eigenvalue weighted by atomic mass is 16.5.